The highest BCUT2D eigenvalue weighted by atomic mass is 16.6. The van der Waals surface area contributed by atoms with E-state index in [4.69, 9.17) is 10.8 Å². The van der Waals surface area contributed by atoms with E-state index in [0.29, 0.717) is 12.5 Å². The van der Waals surface area contributed by atoms with Crippen molar-refractivity contribution < 1.29 is 29.0 Å². The molecule has 4 N–H and O–H groups in total. The number of carbonyl (C=O) groups is 4. The van der Waals surface area contributed by atoms with Crippen molar-refractivity contribution in [3.05, 3.63) is 106 Å². The van der Waals surface area contributed by atoms with Gasteiger partial charge in [-0.3, -0.25) is 19.2 Å². The van der Waals surface area contributed by atoms with Gasteiger partial charge in [-0.15, -0.1) is 0 Å². The Morgan fingerprint density at radius 2 is 1.11 bits per heavy atom. The first-order chi connectivity index (χ1) is 21.1. The Morgan fingerprint density at radius 1 is 0.739 bits per heavy atom. The number of likely N-dealkylation sites (N-methyl/N-ethyl adjacent to an activating group) is 1. The predicted molar refractivity (Wildman–Crippen MR) is 190 cm³/mol. The van der Waals surface area contributed by atoms with Crippen molar-refractivity contribution in [2.45, 2.75) is 95.0 Å². The van der Waals surface area contributed by atoms with E-state index in [-0.39, 0.29) is 19.6 Å². The molecule has 0 radical (unpaired) electrons. The molecular formula is C38H58N2O6. The lowest BCUT2D eigenvalue weighted by molar-refractivity contribution is -0.156. The fourth-order valence-electron chi connectivity index (χ4n) is 3.92. The van der Waals surface area contributed by atoms with Crippen LogP contribution in [0.15, 0.2) is 72.8 Å². The molecule has 0 saturated carbocycles. The third kappa shape index (κ3) is 29.9. The van der Waals surface area contributed by atoms with Crippen LogP contribution in [0.2, 0.25) is 0 Å². The van der Waals surface area contributed by atoms with Crippen molar-refractivity contribution in [1.82, 2.24) is 5.32 Å². The summed E-state index contributed by atoms with van der Waals surface area (Å²) in [5.74, 6) is -1.69. The number of ether oxygens (including phenoxy) is 1. The molecule has 256 valence electrons. The molecule has 3 aromatic carbocycles. The molecule has 0 spiro atoms. The molecule has 1 unspecified atom stereocenters. The summed E-state index contributed by atoms with van der Waals surface area (Å²) in [6.45, 7) is 18.2. The van der Waals surface area contributed by atoms with Crippen molar-refractivity contribution in [3.8, 4) is 0 Å². The fourth-order valence-corrected chi connectivity index (χ4v) is 3.92. The van der Waals surface area contributed by atoms with E-state index in [9.17, 15) is 19.2 Å². The summed E-state index contributed by atoms with van der Waals surface area (Å²) < 4.78 is 3.97. The maximum absolute atomic E-state index is 10.7. The summed E-state index contributed by atoms with van der Waals surface area (Å²) in [4.78, 5) is 40.6. The number of esters is 2. The number of Topliss-reactive ketones (excluding diaryl/α,β-unsaturated/α-hetero) is 1. The van der Waals surface area contributed by atoms with Crippen LogP contribution in [0.1, 0.15) is 82.3 Å². The molecule has 0 aliphatic carbocycles. The summed E-state index contributed by atoms with van der Waals surface area (Å²) in [5, 5.41) is 11.9. The zero-order chi connectivity index (χ0) is 34.8. The first-order valence-corrected chi connectivity index (χ1v) is 15.1. The van der Waals surface area contributed by atoms with Crippen molar-refractivity contribution >= 4 is 23.7 Å². The van der Waals surface area contributed by atoms with Gasteiger partial charge in [-0.2, -0.15) is 0 Å². The molecule has 8 nitrogen and oxygen atoms in total. The normalized spacial score (nSPS) is 9.78. The van der Waals surface area contributed by atoms with Crippen LogP contribution in [0.5, 0.6) is 0 Å². The Hall–Kier alpha value is -4.14. The van der Waals surface area contributed by atoms with Gasteiger partial charge in [-0.1, -0.05) is 111 Å². The van der Waals surface area contributed by atoms with Crippen LogP contribution in [0.4, 0.5) is 0 Å². The second-order valence-corrected chi connectivity index (χ2v) is 10.6. The lowest BCUT2D eigenvalue weighted by Crippen LogP contribution is -2.27. The zero-order valence-electron chi connectivity index (χ0n) is 28.6. The Labute approximate surface area is 277 Å². The SMILES string of the molecule is C.CC(=O)Cc1cccc(C)c1.CC(=O)OC(C)=O.CCN.CCNC(C)Cc1cccc(C)c1.Cc1cccc(CC(=O)O)c1. The summed E-state index contributed by atoms with van der Waals surface area (Å²) in [6, 6.07) is 24.9. The number of carboxylic acids is 1. The molecule has 8 heteroatoms. The van der Waals surface area contributed by atoms with E-state index < -0.39 is 17.9 Å². The molecule has 0 aliphatic rings. The smallest absolute Gasteiger partial charge is 0.310 e. The molecule has 46 heavy (non-hydrogen) atoms. The number of hydrogen-bond donors (Lipinski definition) is 3. The number of nitrogens with two attached hydrogens (primary N) is 1. The van der Waals surface area contributed by atoms with Gasteiger partial charge < -0.3 is 20.9 Å². The number of aryl methyl sites for hydroxylation is 3. The van der Waals surface area contributed by atoms with Gasteiger partial charge in [0, 0.05) is 26.3 Å². The minimum Gasteiger partial charge on any atom is -0.481 e. The summed E-state index contributed by atoms with van der Waals surface area (Å²) in [5.41, 5.74) is 11.9. The van der Waals surface area contributed by atoms with Crippen LogP contribution in [0.3, 0.4) is 0 Å². The van der Waals surface area contributed by atoms with Gasteiger partial charge in [0.2, 0.25) is 0 Å². The maximum atomic E-state index is 10.7. The van der Waals surface area contributed by atoms with Crippen LogP contribution in [0.25, 0.3) is 0 Å². The maximum Gasteiger partial charge on any atom is 0.310 e. The van der Waals surface area contributed by atoms with Crippen LogP contribution < -0.4 is 11.1 Å². The Kier molecular flexibility index (Phi) is 28.5. The van der Waals surface area contributed by atoms with E-state index in [1.165, 1.54) is 30.5 Å². The molecule has 0 bridgehead atoms. The van der Waals surface area contributed by atoms with Gasteiger partial charge >= 0.3 is 17.9 Å². The van der Waals surface area contributed by atoms with E-state index in [1.807, 2.05) is 69.3 Å². The molecule has 3 aromatic rings. The second kappa shape index (κ2) is 28.3. The molecular weight excluding hydrogens is 580 g/mol. The third-order valence-corrected chi connectivity index (χ3v) is 5.44. The van der Waals surface area contributed by atoms with Gasteiger partial charge in [-0.25, -0.2) is 0 Å². The first-order valence-electron chi connectivity index (χ1n) is 15.1. The highest BCUT2D eigenvalue weighted by Gasteiger charge is 2.01. The minimum atomic E-state index is -0.782. The van der Waals surface area contributed by atoms with Gasteiger partial charge in [0.05, 0.1) is 6.42 Å². The molecule has 3 rings (SSSR count). The van der Waals surface area contributed by atoms with E-state index in [1.54, 1.807) is 6.92 Å². The number of benzene rings is 3. The lowest BCUT2D eigenvalue weighted by atomic mass is 10.1. The van der Waals surface area contributed by atoms with Crippen molar-refractivity contribution in [1.29, 1.82) is 0 Å². The van der Waals surface area contributed by atoms with E-state index in [0.717, 1.165) is 36.2 Å². The Bertz CT molecular complexity index is 1220. The standard InChI is InChI=1S/C12H19N.C10H12O.C9H10O2.C4H6O3.C2H7N.CH4/c1-4-13-11(3)9-12-7-5-6-10(2)8-12;1-8-4-3-5-10(6-8)7-9(2)11;1-7-3-2-4-8(5-7)6-9(10)11;1-3(5)7-4(2)6;1-2-3;/h5-8,11,13H,4,9H2,1-3H3;3-6H,7H2,1-2H3;2-5H,6H2,1H3,(H,10,11);1-2H3;2-3H2,1H3;1H4. The zero-order valence-corrected chi connectivity index (χ0v) is 28.6. The van der Waals surface area contributed by atoms with Crippen LogP contribution in [-0.2, 0) is 43.2 Å². The number of ketones is 1. The topological polar surface area (TPSA) is 136 Å². The van der Waals surface area contributed by atoms with Crippen molar-refractivity contribution in [3.63, 3.8) is 0 Å². The minimum absolute atomic E-state index is 0. The molecule has 1 atom stereocenters. The molecule has 0 fully saturated rings. The first kappa shape index (κ1) is 46.3. The third-order valence-electron chi connectivity index (χ3n) is 5.44. The highest BCUT2D eigenvalue weighted by molar-refractivity contribution is 5.82. The van der Waals surface area contributed by atoms with Crippen molar-refractivity contribution in [2.24, 2.45) is 5.73 Å². The van der Waals surface area contributed by atoms with Gasteiger partial charge in [0.1, 0.15) is 5.78 Å². The summed E-state index contributed by atoms with van der Waals surface area (Å²) in [7, 11) is 0. The molecule has 0 aliphatic heterocycles. The van der Waals surface area contributed by atoms with Gasteiger partial charge in [0.15, 0.2) is 0 Å². The molecule has 0 amide bonds. The van der Waals surface area contributed by atoms with Gasteiger partial charge in [-0.05, 0) is 70.8 Å². The summed E-state index contributed by atoms with van der Waals surface area (Å²) >= 11 is 0. The Morgan fingerprint density at radius 3 is 1.41 bits per heavy atom. The molecule has 0 aromatic heterocycles. The second-order valence-electron chi connectivity index (χ2n) is 10.6. The summed E-state index contributed by atoms with van der Waals surface area (Å²) in [6.07, 6.45) is 1.79. The number of carboxylic acid groups (broad SMARTS) is 1. The largest absolute Gasteiger partial charge is 0.481 e. The number of nitrogens with one attached hydrogen (secondary N) is 1. The number of aliphatic carboxylic acids is 1. The van der Waals surface area contributed by atoms with E-state index >= 15 is 0 Å². The average Bonchev–Trinajstić information content (AvgIpc) is 2.89. The van der Waals surface area contributed by atoms with Crippen LogP contribution >= 0.6 is 0 Å². The predicted octanol–water partition coefficient (Wildman–Crippen LogP) is 6.98. The fraction of sp³-hybridized carbons (Fsp3) is 0.421. The number of rotatable bonds is 8. The number of hydrogen-bond acceptors (Lipinski definition) is 7. The average molecular weight is 639 g/mol. The van der Waals surface area contributed by atoms with Crippen molar-refractivity contribution in [2.75, 3.05) is 13.1 Å². The van der Waals surface area contributed by atoms with Crippen LogP contribution in [-0.4, -0.2) is 47.9 Å². The Balaban J connectivity index is -0.000000526. The molecule has 0 heterocycles. The molecule has 0 saturated heterocycles. The lowest BCUT2D eigenvalue weighted by Gasteiger charge is -2.12. The monoisotopic (exact) mass is 638 g/mol. The highest BCUT2D eigenvalue weighted by Crippen LogP contribution is 2.07. The number of carbonyl (C=O) groups excluding carboxylic acids is 3. The van der Waals surface area contributed by atoms with Crippen LogP contribution in [0, 0.1) is 20.8 Å². The van der Waals surface area contributed by atoms with E-state index in [2.05, 4.69) is 55.1 Å². The van der Waals surface area contributed by atoms with Gasteiger partial charge in [0.25, 0.3) is 0 Å². The quantitative estimate of drug-likeness (QED) is 0.178.